The molecule has 2 atom stereocenters. The lowest BCUT2D eigenvalue weighted by molar-refractivity contribution is -0.139. The van der Waals surface area contributed by atoms with Crippen molar-refractivity contribution in [3.63, 3.8) is 0 Å². The van der Waals surface area contributed by atoms with Gasteiger partial charge in [0.2, 0.25) is 0 Å². The van der Waals surface area contributed by atoms with Gasteiger partial charge in [0.15, 0.2) is 0 Å². The molecule has 2 aliphatic rings. The average Bonchev–Trinajstić information content (AvgIpc) is 3.00. The van der Waals surface area contributed by atoms with Crippen LogP contribution in [-0.4, -0.2) is 41.1 Å². The van der Waals surface area contributed by atoms with Gasteiger partial charge in [0.25, 0.3) is 0 Å². The number of carbonyl (C=O) groups excluding carboxylic acids is 1. The standard InChI is InChI=1S/C13H22N2O3/c1-8(2)10-5-6-15(7-10)13(18)14-11(12(16)17)9-3-4-9/h8-11H,3-7H2,1-2H3,(H,14,18)(H,16,17). The Hall–Kier alpha value is -1.26. The summed E-state index contributed by atoms with van der Waals surface area (Å²) >= 11 is 0. The maximum atomic E-state index is 12.0. The van der Waals surface area contributed by atoms with E-state index in [1.54, 1.807) is 4.90 Å². The first kappa shape index (κ1) is 13.2. The maximum Gasteiger partial charge on any atom is 0.326 e. The topological polar surface area (TPSA) is 69.6 Å². The molecule has 1 aliphatic carbocycles. The minimum atomic E-state index is -0.912. The summed E-state index contributed by atoms with van der Waals surface area (Å²) in [5, 5.41) is 11.7. The van der Waals surface area contributed by atoms with Gasteiger partial charge in [-0.05, 0) is 37.0 Å². The summed E-state index contributed by atoms with van der Waals surface area (Å²) in [6, 6.07) is -0.909. The van der Waals surface area contributed by atoms with Crippen LogP contribution in [0.15, 0.2) is 0 Å². The van der Waals surface area contributed by atoms with Crippen molar-refractivity contribution in [2.75, 3.05) is 13.1 Å². The molecule has 102 valence electrons. The lowest BCUT2D eigenvalue weighted by Gasteiger charge is -2.21. The van der Waals surface area contributed by atoms with Crippen LogP contribution < -0.4 is 5.32 Å². The number of hydrogen-bond acceptors (Lipinski definition) is 2. The molecule has 0 aromatic heterocycles. The number of likely N-dealkylation sites (tertiary alicyclic amines) is 1. The summed E-state index contributed by atoms with van der Waals surface area (Å²) in [5.41, 5.74) is 0. The summed E-state index contributed by atoms with van der Waals surface area (Å²) in [4.78, 5) is 24.8. The predicted octanol–water partition coefficient (Wildman–Crippen LogP) is 1.54. The van der Waals surface area contributed by atoms with Crippen LogP contribution in [-0.2, 0) is 4.79 Å². The van der Waals surface area contributed by atoms with E-state index in [0.717, 1.165) is 32.4 Å². The summed E-state index contributed by atoms with van der Waals surface area (Å²) in [7, 11) is 0. The number of carboxylic acids is 1. The molecule has 1 saturated heterocycles. The predicted molar refractivity (Wildman–Crippen MR) is 67.2 cm³/mol. The van der Waals surface area contributed by atoms with Crippen LogP contribution in [0.5, 0.6) is 0 Å². The van der Waals surface area contributed by atoms with Gasteiger partial charge in [-0.3, -0.25) is 0 Å². The molecule has 2 fully saturated rings. The summed E-state index contributed by atoms with van der Waals surface area (Å²) in [5.74, 6) is 0.335. The van der Waals surface area contributed by atoms with Crippen molar-refractivity contribution in [3.05, 3.63) is 0 Å². The van der Waals surface area contributed by atoms with Gasteiger partial charge in [-0.1, -0.05) is 13.8 Å². The van der Waals surface area contributed by atoms with Crippen LogP contribution >= 0.6 is 0 Å². The number of aliphatic carboxylic acids is 1. The van der Waals surface area contributed by atoms with Crippen molar-refractivity contribution in [2.45, 2.75) is 39.2 Å². The van der Waals surface area contributed by atoms with E-state index in [4.69, 9.17) is 5.11 Å². The Balaban J connectivity index is 1.86. The molecule has 0 spiro atoms. The molecular formula is C13H22N2O3. The van der Waals surface area contributed by atoms with E-state index in [1.807, 2.05) is 0 Å². The highest BCUT2D eigenvalue weighted by Crippen LogP contribution is 2.33. The third kappa shape index (κ3) is 2.94. The van der Waals surface area contributed by atoms with E-state index < -0.39 is 12.0 Å². The van der Waals surface area contributed by atoms with Crippen molar-refractivity contribution < 1.29 is 14.7 Å². The fraction of sp³-hybridized carbons (Fsp3) is 0.846. The molecule has 2 unspecified atom stereocenters. The Bertz CT molecular complexity index is 339. The number of nitrogens with one attached hydrogen (secondary N) is 1. The van der Waals surface area contributed by atoms with Crippen molar-refractivity contribution in [2.24, 2.45) is 17.8 Å². The van der Waals surface area contributed by atoms with Gasteiger partial charge < -0.3 is 15.3 Å². The smallest absolute Gasteiger partial charge is 0.326 e. The first-order valence-corrected chi connectivity index (χ1v) is 6.77. The minimum absolute atomic E-state index is 0.134. The van der Waals surface area contributed by atoms with E-state index in [1.165, 1.54) is 0 Å². The second-order valence-corrected chi connectivity index (χ2v) is 5.84. The zero-order valence-electron chi connectivity index (χ0n) is 11.1. The molecule has 5 nitrogen and oxygen atoms in total. The van der Waals surface area contributed by atoms with Gasteiger partial charge in [0, 0.05) is 13.1 Å². The lowest BCUT2D eigenvalue weighted by atomic mass is 9.95. The SMILES string of the molecule is CC(C)C1CCN(C(=O)NC(C(=O)O)C2CC2)C1. The number of amides is 2. The lowest BCUT2D eigenvalue weighted by Crippen LogP contribution is -2.48. The number of hydrogen-bond donors (Lipinski definition) is 2. The average molecular weight is 254 g/mol. The molecule has 0 aromatic rings. The number of carboxylic acid groups (broad SMARTS) is 1. The second-order valence-electron chi connectivity index (χ2n) is 5.84. The summed E-state index contributed by atoms with van der Waals surface area (Å²) < 4.78 is 0. The highest BCUT2D eigenvalue weighted by molar-refractivity contribution is 5.83. The molecule has 2 rings (SSSR count). The molecule has 2 N–H and O–H groups in total. The molecule has 18 heavy (non-hydrogen) atoms. The fourth-order valence-electron chi connectivity index (χ4n) is 2.55. The Kier molecular flexibility index (Phi) is 3.78. The largest absolute Gasteiger partial charge is 0.480 e. The van der Waals surface area contributed by atoms with Crippen molar-refractivity contribution in [3.8, 4) is 0 Å². The third-order valence-electron chi connectivity index (χ3n) is 4.09. The molecule has 1 heterocycles. The molecule has 2 amide bonds. The van der Waals surface area contributed by atoms with E-state index in [-0.39, 0.29) is 11.9 Å². The highest BCUT2D eigenvalue weighted by atomic mass is 16.4. The molecule has 5 heteroatoms. The minimum Gasteiger partial charge on any atom is -0.480 e. The van der Waals surface area contributed by atoms with Gasteiger partial charge in [0.05, 0.1) is 0 Å². The van der Waals surface area contributed by atoms with Gasteiger partial charge in [-0.2, -0.15) is 0 Å². The molecular weight excluding hydrogens is 232 g/mol. The first-order valence-electron chi connectivity index (χ1n) is 6.77. The molecule has 0 aromatic carbocycles. The van der Waals surface area contributed by atoms with Gasteiger partial charge in [-0.15, -0.1) is 0 Å². The first-order chi connectivity index (χ1) is 8.49. The quantitative estimate of drug-likeness (QED) is 0.799. The Morgan fingerprint density at radius 2 is 1.89 bits per heavy atom. The summed E-state index contributed by atoms with van der Waals surface area (Å²) in [6.45, 7) is 5.82. The molecule has 1 saturated carbocycles. The van der Waals surface area contributed by atoms with Crippen molar-refractivity contribution in [1.82, 2.24) is 10.2 Å². The summed E-state index contributed by atoms with van der Waals surface area (Å²) in [6.07, 6.45) is 2.84. The zero-order chi connectivity index (χ0) is 13.3. The zero-order valence-corrected chi connectivity index (χ0v) is 11.1. The van der Waals surface area contributed by atoms with Crippen LogP contribution in [0.25, 0.3) is 0 Å². The second kappa shape index (κ2) is 5.16. The Morgan fingerprint density at radius 3 is 2.33 bits per heavy atom. The molecule has 0 radical (unpaired) electrons. The monoisotopic (exact) mass is 254 g/mol. The highest BCUT2D eigenvalue weighted by Gasteiger charge is 2.39. The Labute approximate surface area is 108 Å². The van der Waals surface area contributed by atoms with Gasteiger partial charge >= 0.3 is 12.0 Å². The van der Waals surface area contributed by atoms with Crippen molar-refractivity contribution in [1.29, 1.82) is 0 Å². The number of rotatable bonds is 4. The van der Waals surface area contributed by atoms with Crippen molar-refractivity contribution >= 4 is 12.0 Å². The van der Waals surface area contributed by atoms with Crippen LogP contribution in [0.3, 0.4) is 0 Å². The van der Waals surface area contributed by atoms with Crippen LogP contribution in [0, 0.1) is 17.8 Å². The van der Waals surface area contributed by atoms with Crippen LogP contribution in [0.4, 0.5) is 4.79 Å². The fourth-order valence-corrected chi connectivity index (χ4v) is 2.55. The number of nitrogens with zero attached hydrogens (tertiary/aromatic N) is 1. The number of carbonyl (C=O) groups is 2. The van der Waals surface area contributed by atoms with E-state index >= 15 is 0 Å². The Morgan fingerprint density at radius 1 is 1.22 bits per heavy atom. The van der Waals surface area contributed by atoms with E-state index in [0.29, 0.717) is 11.8 Å². The van der Waals surface area contributed by atoms with Gasteiger partial charge in [-0.25, -0.2) is 9.59 Å². The normalized spacial score (nSPS) is 25.3. The van der Waals surface area contributed by atoms with Crippen LogP contribution in [0.1, 0.15) is 33.1 Å². The van der Waals surface area contributed by atoms with E-state index in [9.17, 15) is 9.59 Å². The third-order valence-corrected chi connectivity index (χ3v) is 4.09. The van der Waals surface area contributed by atoms with Crippen LogP contribution in [0.2, 0.25) is 0 Å². The molecule has 0 bridgehead atoms. The number of urea groups is 1. The maximum absolute atomic E-state index is 12.0. The van der Waals surface area contributed by atoms with Gasteiger partial charge in [0.1, 0.15) is 6.04 Å². The molecule has 1 aliphatic heterocycles. The van der Waals surface area contributed by atoms with E-state index in [2.05, 4.69) is 19.2 Å².